The van der Waals surface area contributed by atoms with Gasteiger partial charge in [-0.25, -0.2) is 4.98 Å². The second-order valence-corrected chi connectivity index (χ2v) is 4.69. The van der Waals surface area contributed by atoms with Crippen molar-refractivity contribution in [3.8, 4) is 0 Å². The molecule has 1 saturated heterocycles. The molecule has 2 unspecified atom stereocenters. The van der Waals surface area contributed by atoms with Gasteiger partial charge in [-0.2, -0.15) is 4.98 Å². The molecule has 1 fully saturated rings. The van der Waals surface area contributed by atoms with Crippen molar-refractivity contribution in [2.24, 2.45) is 0 Å². The van der Waals surface area contributed by atoms with E-state index in [-0.39, 0.29) is 23.3 Å². The van der Waals surface area contributed by atoms with Crippen LogP contribution in [0.25, 0.3) is 0 Å². The van der Waals surface area contributed by atoms with Gasteiger partial charge in [0, 0.05) is 13.7 Å². The third-order valence-electron chi connectivity index (χ3n) is 3.43. The molecule has 7 heteroatoms. The van der Waals surface area contributed by atoms with E-state index < -0.39 is 0 Å². The van der Waals surface area contributed by atoms with Crippen molar-refractivity contribution in [2.75, 3.05) is 23.9 Å². The van der Waals surface area contributed by atoms with Gasteiger partial charge in [0.2, 0.25) is 11.2 Å². The lowest BCUT2D eigenvalue weighted by Crippen LogP contribution is -2.68. The predicted molar refractivity (Wildman–Crippen MR) is 78.3 cm³/mol. The number of rotatable bonds is 2. The summed E-state index contributed by atoms with van der Waals surface area (Å²) in [7, 11) is 1.61. The predicted octanol–water partition coefficient (Wildman–Crippen LogP) is 1.87. The third kappa shape index (κ3) is 2.23. The molecule has 1 aromatic heterocycles. The molecule has 0 saturated carbocycles. The minimum atomic E-state index is -0.307. The number of aryl methyl sites for hydroxylation is 1. The smallest absolute Gasteiger partial charge is 0.250 e. The number of nitrogens with one attached hydrogen (secondary N) is 1. The first-order valence-corrected chi connectivity index (χ1v) is 7.20. The summed E-state index contributed by atoms with van der Waals surface area (Å²) in [5.74, 6) is 0.631. The maximum Gasteiger partial charge on any atom is 0.250 e. The highest BCUT2D eigenvalue weighted by molar-refractivity contribution is 6.28. The van der Waals surface area contributed by atoms with E-state index in [4.69, 9.17) is 16.3 Å². The minimum absolute atomic E-state index is 0.0683. The number of halogens is 1. The molecule has 3 heterocycles. The van der Waals surface area contributed by atoms with Crippen LogP contribution in [0.5, 0.6) is 0 Å². The van der Waals surface area contributed by atoms with E-state index in [2.05, 4.69) is 15.3 Å². The van der Waals surface area contributed by atoms with Crippen LogP contribution < -0.4 is 10.2 Å². The summed E-state index contributed by atoms with van der Waals surface area (Å²) in [6.45, 7) is 6.61. The van der Waals surface area contributed by atoms with E-state index >= 15 is 0 Å². The van der Waals surface area contributed by atoms with Crippen molar-refractivity contribution in [1.82, 2.24) is 9.97 Å². The second-order valence-electron chi connectivity index (χ2n) is 4.35. The molecule has 0 radical (unpaired) electrons. The molecule has 6 nitrogen and oxygen atoms in total. The summed E-state index contributed by atoms with van der Waals surface area (Å²) in [5.41, 5.74) is 1.44. The van der Waals surface area contributed by atoms with E-state index in [9.17, 15) is 4.79 Å². The molecule has 110 valence electrons. The van der Waals surface area contributed by atoms with E-state index in [0.717, 1.165) is 5.69 Å². The first kappa shape index (κ1) is 15.0. The van der Waals surface area contributed by atoms with E-state index in [1.807, 2.05) is 25.7 Å². The average molecular weight is 299 g/mol. The van der Waals surface area contributed by atoms with E-state index in [1.54, 1.807) is 7.11 Å². The molecule has 1 aromatic rings. The Hall–Kier alpha value is -1.40. The lowest BCUT2D eigenvalue weighted by molar-refractivity contribution is -0.123. The zero-order chi connectivity index (χ0) is 14.9. The Balaban J connectivity index is 0.000000704. The number of amides is 1. The zero-order valence-electron chi connectivity index (χ0n) is 12.1. The highest BCUT2D eigenvalue weighted by Crippen LogP contribution is 2.39. The molecule has 3 rings (SSSR count). The molecular weight excluding hydrogens is 280 g/mol. The Kier molecular flexibility index (Phi) is 4.45. The maximum atomic E-state index is 12.0. The number of carbonyl (C=O) groups is 1. The molecule has 2 aliphatic heterocycles. The van der Waals surface area contributed by atoms with Crippen LogP contribution in [-0.4, -0.2) is 41.7 Å². The van der Waals surface area contributed by atoms with Crippen molar-refractivity contribution in [1.29, 1.82) is 0 Å². The fraction of sp³-hybridized carbons (Fsp3) is 0.615. The fourth-order valence-corrected chi connectivity index (χ4v) is 2.64. The fourth-order valence-electron chi connectivity index (χ4n) is 2.46. The molecule has 1 N–H and O–H groups in total. The van der Waals surface area contributed by atoms with Gasteiger partial charge in [0.25, 0.3) is 0 Å². The van der Waals surface area contributed by atoms with Gasteiger partial charge in [-0.15, -0.1) is 0 Å². The third-order valence-corrected chi connectivity index (χ3v) is 3.60. The standard InChI is InChI=1S/C11H13ClN4O2.C2H6/c1-3-5-7-9(15-11(12)13-5)16-4-6(18-2)8(16)10(17)14-7;1-2/h6,8H,3-4H2,1-2H3,(H,14,17);1-2H3. The number of ether oxygens (including phenoxy) is 1. The zero-order valence-corrected chi connectivity index (χ0v) is 12.9. The first-order valence-electron chi connectivity index (χ1n) is 6.82. The monoisotopic (exact) mass is 298 g/mol. The highest BCUT2D eigenvalue weighted by atomic mass is 35.5. The number of fused-ring (bicyclic) bond motifs is 3. The quantitative estimate of drug-likeness (QED) is 0.844. The second kappa shape index (κ2) is 5.93. The van der Waals surface area contributed by atoms with E-state index in [1.165, 1.54) is 0 Å². The topological polar surface area (TPSA) is 67.3 Å². The Labute approximate surface area is 123 Å². The van der Waals surface area contributed by atoms with Crippen molar-refractivity contribution in [3.05, 3.63) is 11.0 Å². The molecule has 1 amide bonds. The molecule has 0 bridgehead atoms. The van der Waals surface area contributed by atoms with Gasteiger partial charge in [-0.05, 0) is 18.0 Å². The van der Waals surface area contributed by atoms with Crippen LogP contribution in [0.1, 0.15) is 26.5 Å². The minimum Gasteiger partial charge on any atom is -0.377 e. The van der Waals surface area contributed by atoms with Gasteiger partial charge in [-0.3, -0.25) is 4.79 Å². The number of nitrogens with zero attached hydrogens (tertiary/aromatic N) is 3. The lowest BCUT2D eigenvalue weighted by atomic mass is 9.95. The summed E-state index contributed by atoms with van der Waals surface area (Å²) in [5, 5.41) is 3.07. The molecule has 20 heavy (non-hydrogen) atoms. The lowest BCUT2D eigenvalue weighted by Gasteiger charge is -2.49. The summed E-state index contributed by atoms with van der Waals surface area (Å²) in [6.07, 6.45) is 0.605. The molecule has 2 atom stereocenters. The normalized spacial score (nSPS) is 22.9. The number of anilines is 2. The number of aromatic nitrogens is 2. The first-order chi connectivity index (χ1) is 9.65. The summed E-state index contributed by atoms with van der Waals surface area (Å²) in [4.78, 5) is 22.3. The van der Waals surface area contributed by atoms with Crippen LogP contribution in [0.3, 0.4) is 0 Å². The van der Waals surface area contributed by atoms with Gasteiger partial charge >= 0.3 is 0 Å². The van der Waals surface area contributed by atoms with Crippen LogP contribution >= 0.6 is 11.6 Å². The Bertz CT molecular complexity index is 523. The van der Waals surface area contributed by atoms with Gasteiger partial charge in [0.15, 0.2) is 5.82 Å². The molecule has 0 aromatic carbocycles. The van der Waals surface area contributed by atoms with Crippen LogP contribution in [0.4, 0.5) is 11.5 Å². The van der Waals surface area contributed by atoms with Crippen LogP contribution in [0, 0.1) is 0 Å². The molecule has 0 spiro atoms. The van der Waals surface area contributed by atoms with Crippen molar-refractivity contribution >= 4 is 29.0 Å². The SMILES string of the molecule is CC.CCc1nc(Cl)nc2c1NC(=O)C1C(OC)CN21. The number of methoxy groups -OCH3 is 1. The number of carbonyl (C=O) groups excluding carboxylic acids is 1. The van der Waals surface area contributed by atoms with E-state index in [0.29, 0.717) is 24.5 Å². The Morgan fingerprint density at radius 2 is 2.15 bits per heavy atom. The van der Waals surface area contributed by atoms with Crippen molar-refractivity contribution in [2.45, 2.75) is 39.3 Å². The van der Waals surface area contributed by atoms with Crippen LogP contribution in [0.15, 0.2) is 0 Å². The Morgan fingerprint density at radius 1 is 1.45 bits per heavy atom. The van der Waals surface area contributed by atoms with Gasteiger partial charge in [0.1, 0.15) is 17.8 Å². The highest BCUT2D eigenvalue weighted by Gasteiger charge is 2.49. The van der Waals surface area contributed by atoms with Gasteiger partial charge in [-0.1, -0.05) is 20.8 Å². The van der Waals surface area contributed by atoms with Crippen LogP contribution in [0.2, 0.25) is 5.28 Å². The number of hydrogen-bond donors (Lipinski definition) is 1. The summed E-state index contributed by atoms with van der Waals surface area (Å²) >= 11 is 5.91. The maximum absolute atomic E-state index is 12.0. The summed E-state index contributed by atoms with van der Waals surface area (Å²) in [6, 6.07) is -0.307. The van der Waals surface area contributed by atoms with Crippen LogP contribution in [-0.2, 0) is 16.0 Å². The number of hydrogen-bond acceptors (Lipinski definition) is 5. The molecule has 0 aliphatic carbocycles. The van der Waals surface area contributed by atoms with Crippen molar-refractivity contribution < 1.29 is 9.53 Å². The Morgan fingerprint density at radius 3 is 2.75 bits per heavy atom. The molecular formula is C13H19ClN4O2. The van der Waals surface area contributed by atoms with Crippen molar-refractivity contribution in [3.63, 3.8) is 0 Å². The summed E-state index contributed by atoms with van der Waals surface area (Å²) < 4.78 is 5.25. The average Bonchev–Trinajstić information content (AvgIpc) is 2.41. The largest absolute Gasteiger partial charge is 0.377 e. The molecule has 2 aliphatic rings. The van der Waals surface area contributed by atoms with Gasteiger partial charge < -0.3 is 15.0 Å². The van der Waals surface area contributed by atoms with Gasteiger partial charge in [0.05, 0.1) is 5.69 Å².